The molecule has 1 rings (SSSR count). The van der Waals surface area contributed by atoms with Crippen LogP contribution in [0.25, 0.3) is 0 Å². The van der Waals surface area contributed by atoms with Crippen molar-refractivity contribution in [3.63, 3.8) is 0 Å². The highest BCUT2D eigenvalue weighted by atomic mass is 16.5. The standard InChI is InChI=1S/C12H25N3O2/c1-11(2)17-12(16)10-14(3)8-9-15-6-4-13-5-7-15/h11,13H,4-10H2,1-3H3. The molecule has 0 unspecified atom stereocenters. The quantitative estimate of drug-likeness (QED) is 0.653. The van der Waals surface area contributed by atoms with Crippen LogP contribution in [0.5, 0.6) is 0 Å². The fourth-order valence-corrected chi connectivity index (χ4v) is 1.85. The minimum Gasteiger partial charge on any atom is -0.462 e. The zero-order valence-corrected chi connectivity index (χ0v) is 11.2. The molecule has 1 N–H and O–H groups in total. The lowest BCUT2D eigenvalue weighted by Gasteiger charge is -2.28. The molecular formula is C12H25N3O2. The number of ether oxygens (including phenoxy) is 1. The maximum absolute atomic E-state index is 11.4. The van der Waals surface area contributed by atoms with Crippen LogP contribution in [-0.2, 0) is 9.53 Å². The van der Waals surface area contributed by atoms with Crippen LogP contribution in [0.15, 0.2) is 0 Å². The van der Waals surface area contributed by atoms with Crippen molar-refractivity contribution in [1.82, 2.24) is 15.1 Å². The number of likely N-dealkylation sites (N-methyl/N-ethyl adjacent to an activating group) is 1. The summed E-state index contributed by atoms with van der Waals surface area (Å²) in [4.78, 5) is 15.9. The van der Waals surface area contributed by atoms with Gasteiger partial charge in [-0.1, -0.05) is 0 Å². The van der Waals surface area contributed by atoms with E-state index in [2.05, 4.69) is 10.2 Å². The summed E-state index contributed by atoms with van der Waals surface area (Å²) in [5.41, 5.74) is 0. The molecule has 5 heteroatoms. The van der Waals surface area contributed by atoms with Crippen LogP contribution in [0, 0.1) is 0 Å². The molecule has 0 aromatic carbocycles. The lowest BCUT2D eigenvalue weighted by molar-refractivity contribution is -0.148. The molecule has 0 aromatic heterocycles. The highest BCUT2D eigenvalue weighted by Crippen LogP contribution is 1.95. The minimum absolute atomic E-state index is 0.0240. The summed E-state index contributed by atoms with van der Waals surface area (Å²) in [6.07, 6.45) is -0.0240. The van der Waals surface area contributed by atoms with Crippen LogP contribution in [-0.4, -0.2) is 74.7 Å². The van der Waals surface area contributed by atoms with Gasteiger partial charge in [0.2, 0.25) is 0 Å². The molecule has 1 aliphatic rings. The molecule has 100 valence electrons. The van der Waals surface area contributed by atoms with Crippen molar-refractivity contribution >= 4 is 5.97 Å². The van der Waals surface area contributed by atoms with E-state index in [0.717, 1.165) is 39.3 Å². The van der Waals surface area contributed by atoms with Crippen LogP contribution in [0.3, 0.4) is 0 Å². The molecule has 1 heterocycles. The van der Waals surface area contributed by atoms with Crippen molar-refractivity contribution in [2.75, 3.05) is 52.9 Å². The van der Waals surface area contributed by atoms with Crippen molar-refractivity contribution in [2.24, 2.45) is 0 Å². The van der Waals surface area contributed by atoms with Crippen molar-refractivity contribution < 1.29 is 9.53 Å². The second kappa shape index (κ2) is 7.63. The number of esters is 1. The van der Waals surface area contributed by atoms with Crippen LogP contribution < -0.4 is 5.32 Å². The molecule has 0 aromatic rings. The summed E-state index contributed by atoms with van der Waals surface area (Å²) in [6.45, 7) is 10.4. The van der Waals surface area contributed by atoms with Crippen molar-refractivity contribution in [3.05, 3.63) is 0 Å². The molecule has 0 spiro atoms. The maximum atomic E-state index is 11.4. The Kier molecular flexibility index (Phi) is 6.47. The third-order valence-electron chi connectivity index (χ3n) is 2.77. The Morgan fingerprint density at radius 3 is 2.65 bits per heavy atom. The largest absolute Gasteiger partial charge is 0.462 e. The number of rotatable bonds is 6. The Morgan fingerprint density at radius 1 is 1.41 bits per heavy atom. The zero-order valence-electron chi connectivity index (χ0n) is 11.2. The topological polar surface area (TPSA) is 44.8 Å². The minimum atomic E-state index is -0.136. The summed E-state index contributed by atoms with van der Waals surface area (Å²) in [5, 5.41) is 3.33. The summed E-state index contributed by atoms with van der Waals surface area (Å²) >= 11 is 0. The van der Waals surface area contributed by atoms with Crippen LogP contribution in [0.2, 0.25) is 0 Å². The molecule has 1 fully saturated rings. The van der Waals surface area contributed by atoms with E-state index < -0.39 is 0 Å². The van der Waals surface area contributed by atoms with Gasteiger partial charge in [0.25, 0.3) is 0 Å². The molecule has 5 nitrogen and oxygen atoms in total. The van der Waals surface area contributed by atoms with Crippen LogP contribution in [0.1, 0.15) is 13.8 Å². The van der Waals surface area contributed by atoms with E-state index in [9.17, 15) is 4.79 Å². The third-order valence-corrected chi connectivity index (χ3v) is 2.77. The molecule has 0 atom stereocenters. The van der Waals surface area contributed by atoms with Gasteiger partial charge in [-0.3, -0.25) is 14.6 Å². The van der Waals surface area contributed by atoms with Gasteiger partial charge >= 0.3 is 5.97 Å². The first-order chi connectivity index (χ1) is 8.08. The van der Waals surface area contributed by atoms with Gasteiger partial charge in [-0.05, 0) is 20.9 Å². The summed E-state index contributed by atoms with van der Waals surface area (Å²) in [6, 6.07) is 0. The zero-order chi connectivity index (χ0) is 12.7. The average Bonchev–Trinajstić information content (AvgIpc) is 2.26. The Balaban J connectivity index is 2.11. The second-order valence-corrected chi connectivity index (χ2v) is 4.87. The number of hydrogen-bond acceptors (Lipinski definition) is 5. The average molecular weight is 243 g/mol. The Hall–Kier alpha value is -0.650. The molecule has 0 aliphatic carbocycles. The van der Waals surface area contributed by atoms with Crippen molar-refractivity contribution in [3.8, 4) is 0 Å². The van der Waals surface area contributed by atoms with E-state index in [4.69, 9.17) is 4.74 Å². The molecule has 1 aliphatic heterocycles. The maximum Gasteiger partial charge on any atom is 0.320 e. The van der Waals surface area contributed by atoms with Gasteiger partial charge in [-0.2, -0.15) is 0 Å². The van der Waals surface area contributed by atoms with Gasteiger partial charge in [0.15, 0.2) is 0 Å². The summed E-state index contributed by atoms with van der Waals surface area (Å²) in [7, 11) is 1.96. The van der Waals surface area contributed by atoms with Crippen LogP contribution >= 0.6 is 0 Å². The number of carbonyl (C=O) groups excluding carboxylic acids is 1. The smallest absolute Gasteiger partial charge is 0.320 e. The lowest BCUT2D eigenvalue weighted by Crippen LogP contribution is -2.46. The third kappa shape index (κ3) is 6.61. The Labute approximate surface area is 104 Å². The predicted octanol–water partition coefficient (Wildman–Crippen LogP) is -0.225. The molecule has 1 saturated heterocycles. The van der Waals surface area contributed by atoms with E-state index in [1.165, 1.54) is 0 Å². The number of carbonyl (C=O) groups is 1. The van der Waals surface area contributed by atoms with E-state index in [-0.39, 0.29) is 12.1 Å². The normalized spacial score (nSPS) is 17.7. The lowest BCUT2D eigenvalue weighted by atomic mass is 10.3. The summed E-state index contributed by atoms with van der Waals surface area (Å²) < 4.78 is 5.11. The number of piperazine rings is 1. The van der Waals surface area contributed by atoms with E-state index in [1.807, 2.05) is 25.8 Å². The SMILES string of the molecule is CC(C)OC(=O)CN(C)CCN1CCNCC1. The number of nitrogens with zero attached hydrogens (tertiary/aromatic N) is 2. The van der Waals surface area contributed by atoms with Crippen LogP contribution in [0.4, 0.5) is 0 Å². The van der Waals surface area contributed by atoms with Gasteiger partial charge in [-0.15, -0.1) is 0 Å². The monoisotopic (exact) mass is 243 g/mol. The van der Waals surface area contributed by atoms with Gasteiger partial charge in [-0.25, -0.2) is 0 Å². The van der Waals surface area contributed by atoms with Crippen molar-refractivity contribution in [2.45, 2.75) is 20.0 Å². The van der Waals surface area contributed by atoms with Crippen molar-refractivity contribution in [1.29, 1.82) is 0 Å². The first-order valence-corrected chi connectivity index (χ1v) is 6.39. The Bertz CT molecular complexity index is 228. The molecule has 0 bridgehead atoms. The molecular weight excluding hydrogens is 218 g/mol. The molecule has 0 radical (unpaired) electrons. The highest BCUT2D eigenvalue weighted by Gasteiger charge is 2.12. The number of hydrogen-bond donors (Lipinski definition) is 1. The van der Waals surface area contributed by atoms with E-state index >= 15 is 0 Å². The molecule has 0 saturated carbocycles. The fourth-order valence-electron chi connectivity index (χ4n) is 1.85. The molecule has 17 heavy (non-hydrogen) atoms. The first-order valence-electron chi connectivity index (χ1n) is 6.39. The van der Waals surface area contributed by atoms with Gasteiger partial charge < -0.3 is 10.1 Å². The first kappa shape index (κ1) is 14.4. The van der Waals surface area contributed by atoms with E-state index in [0.29, 0.717) is 6.54 Å². The number of nitrogens with one attached hydrogen (secondary N) is 1. The second-order valence-electron chi connectivity index (χ2n) is 4.87. The fraction of sp³-hybridized carbons (Fsp3) is 0.917. The highest BCUT2D eigenvalue weighted by molar-refractivity contribution is 5.71. The van der Waals surface area contributed by atoms with Gasteiger partial charge in [0.1, 0.15) is 0 Å². The predicted molar refractivity (Wildman–Crippen MR) is 68.0 cm³/mol. The van der Waals surface area contributed by atoms with Gasteiger partial charge in [0.05, 0.1) is 12.6 Å². The van der Waals surface area contributed by atoms with E-state index in [1.54, 1.807) is 0 Å². The molecule has 0 amide bonds. The Morgan fingerprint density at radius 2 is 2.06 bits per heavy atom. The van der Waals surface area contributed by atoms with Gasteiger partial charge in [0, 0.05) is 39.3 Å². The summed E-state index contributed by atoms with van der Waals surface area (Å²) in [5.74, 6) is -0.136.